The summed E-state index contributed by atoms with van der Waals surface area (Å²) >= 11 is 0. The molecule has 4 heteroatoms. The summed E-state index contributed by atoms with van der Waals surface area (Å²) in [6.45, 7) is 0.790. The third-order valence-corrected chi connectivity index (χ3v) is 4.56. The average molecular weight is 337 g/mol. The van der Waals surface area contributed by atoms with Crippen LogP contribution in [0.15, 0.2) is 54.6 Å². The van der Waals surface area contributed by atoms with Gasteiger partial charge in [-0.05, 0) is 42.7 Å². The van der Waals surface area contributed by atoms with Crippen molar-refractivity contribution in [3.63, 3.8) is 0 Å². The Balaban J connectivity index is 1.78. The van der Waals surface area contributed by atoms with Gasteiger partial charge in [0.2, 0.25) is 5.91 Å². The second-order valence-corrected chi connectivity index (χ2v) is 6.04. The smallest absolute Gasteiger partial charge is 0.247 e. The molecule has 1 aliphatic rings. The van der Waals surface area contributed by atoms with E-state index in [1.165, 1.54) is 5.56 Å². The molecule has 1 saturated heterocycles. The van der Waals surface area contributed by atoms with Crippen LogP contribution in [0.25, 0.3) is 6.08 Å². The fraction of sp³-hybridized carbons (Fsp3) is 0.286. The van der Waals surface area contributed by atoms with E-state index < -0.39 is 0 Å². The van der Waals surface area contributed by atoms with Gasteiger partial charge < -0.3 is 14.4 Å². The molecular formula is C21H23NO3. The number of carbonyl (C=O) groups is 1. The highest BCUT2D eigenvalue weighted by molar-refractivity contribution is 5.92. The fourth-order valence-electron chi connectivity index (χ4n) is 3.28. The van der Waals surface area contributed by atoms with Gasteiger partial charge in [0.15, 0.2) is 0 Å². The van der Waals surface area contributed by atoms with Gasteiger partial charge >= 0.3 is 0 Å². The lowest BCUT2D eigenvalue weighted by atomic mass is 10.0. The van der Waals surface area contributed by atoms with E-state index in [0.717, 1.165) is 30.7 Å². The summed E-state index contributed by atoms with van der Waals surface area (Å²) in [5, 5.41) is 0. The highest BCUT2D eigenvalue weighted by Gasteiger charge is 2.28. The molecule has 1 aliphatic heterocycles. The Bertz CT molecular complexity index is 755. The SMILES string of the molecule is COc1ccc(OC)c(/C=C/C(=O)N2CCC[C@@H]2c2ccccc2)c1. The lowest BCUT2D eigenvalue weighted by Gasteiger charge is -2.23. The number of benzene rings is 2. The van der Waals surface area contributed by atoms with Crippen molar-refractivity contribution >= 4 is 12.0 Å². The maximum Gasteiger partial charge on any atom is 0.247 e. The van der Waals surface area contributed by atoms with E-state index in [4.69, 9.17) is 9.47 Å². The first kappa shape index (κ1) is 17.1. The molecule has 0 bridgehead atoms. The fourth-order valence-corrected chi connectivity index (χ4v) is 3.28. The first-order chi connectivity index (χ1) is 12.2. The largest absolute Gasteiger partial charge is 0.497 e. The molecule has 1 amide bonds. The Morgan fingerprint density at radius 1 is 1.12 bits per heavy atom. The average Bonchev–Trinajstić information content (AvgIpc) is 3.16. The summed E-state index contributed by atoms with van der Waals surface area (Å²) in [5.74, 6) is 1.47. The lowest BCUT2D eigenvalue weighted by molar-refractivity contribution is -0.126. The normalized spacial score (nSPS) is 17.0. The van der Waals surface area contributed by atoms with Crippen molar-refractivity contribution in [3.8, 4) is 11.5 Å². The molecule has 4 nitrogen and oxygen atoms in total. The molecule has 0 aliphatic carbocycles. The summed E-state index contributed by atoms with van der Waals surface area (Å²) in [7, 11) is 3.24. The molecule has 0 unspecified atom stereocenters. The summed E-state index contributed by atoms with van der Waals surface area (Å²) in [6, 6.07) is 15.9. The number of hydrogen-bond donors (Lipinski definition) is 0. The second kappa shape index (κ2) is 7.88. The monoisotopic (exact) mass is 337 g/mol. The van der Waals surface area contributed by atoms with Crippen LogP contribution in [0.3, 0.4) is 0 Å². The molecule has 25 heavy (non-hydrogen) atoms. The predicted molar refractivity (Wildman–Crippen MR) is 98.7 cm³/mol. The van der Waals surface area contributed by atoms with Crippen LogP contribution in [-0.2, 0) is 4.79 Å². The topological polar surface area (TPSA) is 38.8 Å². The van der Waals surface area contributed by atoms with Crippen LogP contribution in [0, 0.1) is 0 Å². The summed E-state index contributed by atoms with van der Waals surface area (Å²) in [6.07, 6.45) is 5.45. The summed E-state index contributed by atoms with van der Waals surface area (Å²) in [4.78, 5) is 14.7. The van der Waals surface area contributed by atoms with Crippen LogP contribution < -0.4 is 9.47 Å². The minimum Gasteiger partial charge on any atom is -0.497 e. The highest BCUT2D eigenvalue weighted by Crippen LogP contribution is 2.32. The van der Waals surface area contributed by atoms with E-state index in [0.29, 0.717) is 5.75 Å². The molecule has 0 radical (unpaired) electrons. The Kier molecular flexibility index (Phi) is 5.39. The Morgan fingerprint density at radius 3 is 2.64 bits per heavy atom. The zero-order valence-electron chi connectivity index (χ0n) is 14.6. The van der Waals surface area contributed by atoms with Gasteiger partial charge in [0.05, 0.1) is 20.3 Å². The predicted octanol–water partition coefficient (Wildman–Crippen LogP) is 4.08. The first-order valence-electron chi connectivity index (χ1n) is 8.48. The van der Waals surface area contributed by atoms with Gasteiger partial charge in [0, 0.05) is 18.2 Å². The van der Waals surface area contributed by atoms with Gasteiger partial charge in [-0.3, -0.25) is 4.79 Å². The number of ether oxygens (including phenoxy) is 2. The molecule has 0 spiro atoms. The van der Waals surface area contributed by atoms with Crippen LogP contribution in [0.5, 0.6) is 11.5 Å². The zero-order chi connectivity index (χ0) is 17.6. The molecule has 0 N–H and O–H groups in total. The number of carbonyl (C=O) groups excluding carboxylic acids is 1. The van der Waals surface area contributed by atoms with Crippen LogP contribution in [0.4, 0.5) is 0 Å². The number of likely N-dealkylation sites (tertiary alicyclic amines) is 1. The maximum absolute atomic E-state index is 12.7. The molecule has 1 fully saturated rings. The van der Waals surface area contributed by atoms with Crippen LogP contribution in [-0.4, -0.2) is 31.6 Å². The Morgan fingerprint density at radius 2 is 1.92 bits per heavy atom. The van der Waals surface area contributed by atoms with Crippen molar-refractivity contribution in [1.82, 2.24) is 4.90 Å². The third kappa shape index (κ3) is 3.85. The first-order valence-corrected chi connectivity index (χ1v) is 8.48. The molecular weight excluding hydrogens is 314 g/mol. The van der Waals surface area contributed by atoms with Crippen molar-refractivity contribution in [2.45, 2.75) is 18.9 Å². The molecule has 2 aromatic rings. The maximum atomic E-state index is 12.7. The van der Waals surface area contributed by atoms with E-state index in [2.05, 4.69) is 12.1 Å². The van der Waals surface area contributed by atoms with E-state index in [9.17, 15) is 4.79 Å². The molecule has 0 aromatic heterocycles. The van der Waals surface area contributed by atoms with Crippen LogP contribution in [0.1, 0.15) is 30.0 Å². The minimum atomic E-state index is 0.0243. The number of amides is 1. The van der Waals surface area contributed by atoms with E-state index in [1.54, 1.807) is 26.4 Å². The van der Waals surface area contributed by atoms with Crippen molar-refractivity contribution in [3.05, 3.63) is 65.7 Å². The number of hydrogen-bond acceptors (Lipinski definition) is 3. The van der Waals surface area contributed by atoms with E-state index in [-0.39, 0.29) is 11.9 Å². The van der Waals surface area contributed by atoms with E-state index in [1.807, 2.05) is 41.3 Å². The van der Waals surface area contributed by atoms with Gasteiger partial charge in [0.25, 0.3) is 0 Å². The van der Waals surface area contributed by atoms with Crippen LogP contribution in [0.2, 0.25) is 0 Å². The quantitative estimate of drug-likeness (QED) is 0.772. The summed E-state index contributed by atoms with van der Waals surface area (Å²) in [5.41, 5.74) is 2.02. The molecule has 3 rings (SSSR count). The van der Waals surface area contributed by atoms with E-state index >= 15 is 0 Å². The van der Waals surface area contributed by atoms with Crippen molar-refractivity contribution in [2.24, 2.45) is 0 Å². The molecule has 0 saturated carbocycles. The van der Waals surface area contributed by atoms with Gasteiger partial charge in [-0.15, -0.1) is 0 Å². The minimum absolute atomic E-state index is 0.0243. The van der Waals surface area contributed by atoms with Gasteiger partial charge in [-0.2, -0.15) is 0 Å². The Hall–Kier alpha value is -2.75. The summed E-state index contributed by atoms with van der Waals surface area (Å²) < 4.78 is 10.6. The second-order valence-electron chi connectivity index (χ2n) is 6.04. The van der Waals surface area contributed by atoms with Gasteiger partial charge in [-0.25, -0.2) is 0 Å². The third-order valence-electron chi connectivity index (χ3n) is 4.56. The van der Waals surface area contributed by atoms with Crippen molar-refractivity contribution < 1.29 is 14.3 Å². The van der Waals surface area contributed by atoms with Gasteiger partial charge in [-0.1, -0.05) is 30.3 Å². The lowest BCUT2D eigenvalue weighted by Crippen LogP contribution is -2.28. The number of rotatable bonds is 5. The number of methoxy groups -OCH3 is 2. The Labute approximate surface area is 148 Å². The highest BCUT2D eigenvalue weighted by atomic mass is 16.5. The molecule has 1 atom stereocenters. The molecule has 2 aromatic carbocycles. The number of nitrogens with zero attached hydrogens (tertiary/aromatic N) is 1. The van der Waals surface area contributed by atoms with Gasteiger partial charge in [0.1, 0.15) is 11.5 Å². The molecule has 1 heterocycles. The molecule has 130 valence electrons. The van der Waals surface area contributed by atoms with Crippen LogP contribution >= 0.6 is 0 Å². The zero-order valence-corrected chi connectivity index (χ0v) is 14.6. The van der Waals surface area contributed by atoms with Crippen molar-refractivity contribution in [2.75, 3.05) is 20.8 Å². The van der Waals surface area contributed by atoms with Crippen molar-refractivity contribution in [1.29, 1.82) is 0 Å². The standard InChI is InChI=1S/C21H23NO3/c1-24-18-11-12-20(25-2)17(15-18)10-13-21(23)22-14-6-9-19(22)16-7-4-3-5-8-16/h3-5,7-8,10-13,15,19H,6,9,14H2,1-2H3/b13-10+/t19-/m1/s1.